The molecule has 0 aliphatic rings. The summed E-state index contributed by atoms with van der Waals surface area (Å²) < 4.78 is 1.34. The first-order valence-electron chi connectivity index (χ1n) is 5.04. The van der Waals surface area contributed by atoms with Crippen molar-refractivity contribution >= 4 is 21.4 Å². The van der Waals surface area contributed by atoms with Crippen molar-refractivity contribution in [3.63, 3.8) is 0 Å². The molecule has 0 saturated carbocycles. The van der Waals surface area contributed by atoms with E-state index < -0.39 is 0 Å². The van der Waals surface area contributed by atoms with E-state index in [1.807, 2.05) is 0 Å². The first kappa shape index (κ1) is 9.69. The molecule has 0 fully saturated rings. The van der Waals surface area contributed by atoms with Crippen molar-refractivity contribution in [3.05, 3.63) is 35.2 Å². The molecule has 1 heterocycles. The summed E-state index contributed by atoms with van der Waals surface area (Å²) in [6.07, 6.45) is 2.21. The molecular weight excluding hydrogens is 190 g/mol. The lowest BCUT2D eigenvalue weighted by Gasteiger charge is -2.08. The van der Waals surface area contributed by atoms with Crippen LogP contribution in [0.25, 0.3) is 10.1 Å². The van der Waals surface area contributed by atoms with Crippen LogP contribution in [0.15, 0.2) is 29.6 Å². The van der Waals surface area contributed by atoms with Crippen LogP contribution in [0.4, 0.5) is 0 Å². The number of benzene rings is 1. The highest BCUT2D eigenvalue weighted by atomic mass is 32.1. The van der Waals surface area contributed by atoms with Gasteiger partial charge in [-0.05, 0) is 28.8 Å². The smallest absolute Gasteiger partial charge is 0.0346 e. The van der Waals surface area contributed by atoms with E-state index in [0.29, 0.717) is 0 Å². The molecule has 2 rings (SSSR count). The van der Waals surface area contributed by atoms with E-state index in [9.17, 15) is 0 Å². The van der Waals surface area contributed by atoms with E-state index in [1.165, 1.54) is 15.6 Å². The van der Waals surface area contributed by atoms with Gasteiger partial charge in [-0.25, -0.2) is 0 Å². The van der Waals surface area contributed by atoms with Crippen LogP contribution in [0.1, 0.15) is 31.4 Å². The zero-order valence-corrected chi connectivity index (χ0v) is 9.18. The van der Waals surface area contributed by atoms with Gasteiger partial charge in [-0.3, -0.25) is 0 Å². The molecule has 1 unspecified atom stereocenters. The van der Waals surface area contributed by atoms with Crippen LogP contribution in [0.5, 0.6) is 0 Å². The fraction of sp³-hybridized carbons (Fsp3) is 0.333. The molecule has 0 spiro atoms. The van der Waals surface area contributed by atoms with Crippen molar-refractivity contribution in [1.29, 1.82) is 0 Å². The first-order chi connectivity index (χ1) is 6.83. The molecule has 0 aliphatic heterocycles. The maximum atomic E-state index is 6.12. The Morgan fingerprint density at radius 3 is 2.93 bits per heavy atom. The largest absolute Gasteiger partial charge is 0.324 e. The molecule has 2 N–H and O–H groups in total. The van der Waals surface area contributed by atoms with Gasteiger partial charge in [0, 0.05) is 10.7 Å². The van der Waals surface area contributed by atoms with Crippen molar-refractivity contribution < 1.29 is 0 Å². The Balaban J connectivity index is 2.42. The lowest BCUT2D eigenvalue weighted by Crippen LogP contribution is -2.08. The molecule has 1 atom stereocenters. The van der Waals surface area contributed by atoms with E-state index >= 15 is 0 Å². The second kappa shape index (κ2) is 4.11. The van der Waals surface area contributed by atoms with E-state index in [1.54, 1.807) is 11.3 Å². The van der Waals surface area contributed by atoms with Gasteiger partial charge in [-0.2, -0.15) is 0 Å². The minimum absolute atomic E-state index is 0.205. The number of hydrogen-bond donors (Lipinski definition) is 1. The molecule has 1 nitrogen and oxygen atoms in total. The molecule has 0 saturated heterocycles. The Kier molecular flexibility index (Phi) is 2.85. The average Bonchev–Trinajstić information content (AvgIpc) is 2.61. The second-order valence-electron chi connectivity index (χ2n) is 3.58. The van der Waals surface area contributed by atoms with E-state index in [-0.39, 0.29) is 6.04 Å². The van der Waals surface area contributed by atoms with E-state index in [4.69, 9.17) is 5.73 Å². The van der Waals surface area contributed by atoms with Gasteiger partial charge in [0.2, 0.25) is 0 Å². The van der Waals surface area contributed by atoms with Crippen LogP contribution in [0.2, 0.25) is 0 Å². The molecule has 0 bridgehead atoms. The Labute approximate surface area is 88.6 Å². The third-order valence-corrected chi connectivity index (χ3v) is 3.49. The summed E-state index contributed by atoms with van der Waals surface area (Å²) in [7, 11) is 0. The van der Waals surface area contributed by atoms with Crippen molar-refractivity contribution in [2.75, 3.05) is 0 Å². The van der Waals surface area contributed by atoms with Gasteiger partial charge in [-0.1, -0.05) is 31.5 Å². The lowest BCUT2D eigenvalue weighted by molar-refractivity contribution is 0.644. The monoisotopic (exact) mass is 205 g/mol. The molecule has 0 aliphatic carbocycles. The fourth-order valence-electron chi connectivity index (χ4n) is 1.75. The van der Waals surface area contributed by atoms with Crippen LogP contribution in [-0.2, 0) is 0 Å². The Morgan fingerprint density at radius 2 is 2.14 bits per heavy atom. The minimum atomic E-state index is 0.205. The summed E-state index contributed by atoms with van der Waals surface area (Å²) in [5.74, 6) is 0. The molecular formula is C12H15NS. The summed E-state index contributed by atoms with van der Waals surface area (Å²) in [6, 6.07) is 8.68. The summed E-state index contributed by atoms with van der Waals surface area (Å²) >= 11 is 1.79. The van der Waals surface area contributed by atoms with Crippen LogP contribution in [-0.4, -0.2) is 0 Å². The zero-order valence-electron chi connectivity index (χ0n) is 8.36. The van der Waals surface area contributed by atoms with Gasteiger partial charge in [-0.15, -0.1) is 11.3 Å². The van der Waals surface area contributed by atoms with Gasteiger partial charge >= 0.3 is 0 Å². The van der Waals surface area contributed by atoms with Gasteiger partial charge in [0.15, 0.2) is 0 Å². The van der Waals surface area contributed by atoms with Crippen molar-refractivity contribution in [2.45, 2.75) is 25.8 Å². The van der Waals surface area contributed by atoms with Gasteiger partial charge < -0.3 is 5.73 Å². The molecule has 14 heavy (non-hydrogen) atoms. The third kappa shape index (κ3) is 1.68. The van der Waals surface area contributed by atoms with Crippen LogP contribution >= 0.6 is 11.3 Å². The Hall–Kier alpha value is -0.860. The second-order valence-corrected chi connectivity index (χ2v) is 4.49. The summed E-state index contributed by atoms with van der Waals surface area (Å²) in [5.41, 5.74) is 7.44. The fourth-order valence-corrected chi connectivity index (χ4v) is 2.78. The number of fused-ring (bicyclic) bond motifs is 1. The van der Waals surface area contributed by atoms with E-state index in [0.717, 1.165) is 12.8 Å². The van der Waals surface area contributed by atoms with Crippen LogP contribution < -0.4 is 5.73 Å². The zero-order chi connectivity index (χ0) is 9.97. The maximum Gasteiger partial charge on any atom is 0.0346 e. The molecule has 1 aromatic carbocycles. The summed E-state index contributed by atoms with van der Waals surface area (Å²) in [4.78, 5) is 0. The van der Waals surface area contributed by atoms with E-state index in [2.05, 4.69) is 36.6 Å². The topological polar surface area (TPSA) is 26.0 Å². The van der Waals surface area contributed by atoms with Crippen LogP contribution in [0, 0.1) is 0 Å². The molecule has 1 aromatic heterocycles. The quantitative estimate of drug-likeness (QED) is 0.812. The van der Waals surface area contributed by atoms with Gasteiger partial charge in [0.1, 0.15) is 0 Å². The molecule has 2 heteroatoms. The first-order valence-corrected chi connectivity index (χ1v) is 5.92. The minimum Gasteiger partial charge on any atom is -0.324 e. The van der Waals surface area contributed by atoms with Crippen molar-refractivity contribution in [3.8, 4) is 0 Å². The average molecular weight is 205 g/mol. The predicted molar refractivity (Wildman–Crippen MR) is 63.7 cm³/mol. The summed E-state index contributed by atoms with van der Waals surface area (Å²) in [6.45, 7) is 2.18. The molecule has 74 valence electrons. The van der Waals surface area contributed by atoms with Gasteiger partial charge in [0.05, 0.1) is 0 Å². The number of hydrogen-bond acceptors (Lipinski definition) is 2. The molecule has 0 radical (unpaired) electrons. The molecule has 2 aromatic rings. The third-order valence-electron chi connectivity index (χ3n) is 2.51. The Bertz CT molecular complexity index is 419. The number of nitrogens with two attached hydrogens (primary N) is 1. The molecule has 0 amide bonds. The highest BCUT2D eigenvalue weighted by molar-refractivity contribution is 7.17. The number of rotatable bonds is 3. The highest BCUT2D eigenvalue weighted by Gasteiger charge is 2.09. The van der Waals surface area contributed by atoms with Gasteiger partial charge in [0.25, 0.3) is 0 Å². The summed E-state index contributed by atoms with van der Waals surface area (Å²) in [5, 5.41) is 3.53. The lowest BCUT2D eigenvalue weighted by atomic mass is 10.0. The normalized spacial score (nSPS) is 13.3. The maximum absolute atomic E-state index is 6.12. The number of thiophene rings is 1. The SMILES string of the molecule is CCCC(N)c1csc2ccccc12. The van der Waals surface area contributed by atoms with Crippen LogP contribution in [0.3, 0.4) is 0 Å². The highest BCUT2D eigenvalue weighted by Crippen LogP contribution is 2.30. The standard InChI is InChI=1S/C12H15NS/c1-2-5-11(13)10-8-14-12-7-4-3-6-9(10)12/h3-4,6-8,11H,2,5,13H2,1H3. The Morgan fingerprint density at radius 1 is 1.36 bits per heavy atom. The van der Waals surface area contributed by atoms with Crippen molar-refractivity contribution in [2.24, 2.45) is 5.73 Å². The predicted octanol–water partition coefficient (Wildman–Crippen LogP) is 3.70. The van der Waals surface area contributed by atoms with Crippen molar-refractivity contribution in [1.82, 2.24) is 0 Å².